The first-order valence-corrected chi connectivity index (χ1v) is 8.69. The zero-order chi connectivity index (χ0) is 21.3. The second-order valence-electron chi connectivity index (χ2n) is 7.61. The Hall–Kier alpha value is -2.26. The van der Waals surface area contributed by atoms with E-state index in [-0.39, 0.29) is 12.3 Å². The number of rotatable bonds is 4. The molecule has 1 saturated heterocycles. The van der Waals surface area contributed by atoms with E-state index >= 15 is 0 Å². The van der Waals surface area contributed by atoms with Crippen molar-refractivity contribution in [3.05, 3.63) is 23.8 Å². The van der Waals surface area contributed by atoms with Crippen molar-refractivity contribution >= 4 is 11.8 Å². The summed E-state index contributed by atoms with van der Waals surface area (Å²) in [4.78, 5) is 13.6. The molecule has 1 aromatic rings. The van der Waals surface area contributed by atoms with Gasteiger partial charge in [-0.1, -0.05) is 0 Å². The third-order valence-electron chi connectivity index (χ3n) is 4.14. The summed E-state index contributed by atoms with van der Waals surface area (Å²) in [5.41, 5.74) is 3.45. The van der Waals surface area contributed by atoms with Gasteiger partial charge in [0.15, 0.2) is 0 Å². The van der Waals surface area contributed by atoms with Gasteiger partial charge in [-0.05, 0) is 45.7 Å². The molecule has 0 saturated carbocycles. The number of amides is 1. The van der Waals surface area contributed by atoms with E-state index in [0.29, 0.717) is 25.5 Å². The summed E-state index contributed by atoms with van der Waals surface area (Å²) >= 11 is 0. The maximum Gasteiger partial charge on any atom is 0.458 e. The Bertz CT molecular complexity index is 716. The predicted octanol–water partition coefficient (Wildman–Crippen LogP) is 4.70. The van der Waals surface area contributed by atoms with Crippen LogP contribution in [0.25, 0.3) is 0 Å². The molecule has 0 radical (unpaired) electrons. The summed E-state index contributed by atoms with van der Waals surface area (Å²) in [6.07, 6.45) is -5.23. The van der Waals surface area contributed by atoms with Gasteiger partial charge in [-0.3, -0.25) is 0 Å². The van der Waals surface area contributed by atoms with Crippen LogP contribution in [-0.2, 0) is 10.7 Å². The van der Waals surface area contributed by atoms with Crippen molar-refractivity contribution in [2.24, 2.45) is 0 Å². The predicted molar refractivity (Wildman–Crippen MR) is 92.3 cm³/mol. The van der Waals surface area contributed by atoms with Crippen molar-refractivity contribution in [1.82, 2.24) is 4.90 Å². The van der Waals surface area contributed by atoms with Crippen LogP contribution in [0.15, 0.2) is 18.2 Å². The molecule has 2 rings (SSSR count). The van der Waals surface area contributed by atoms with E-state index < -0.39 is 41.1 Å². The molecule has 1 fully saturated rings. The number of halogens is 5. The molecule has 1 aliphatic heterocycles. The van der Waals surface area contributed by atoms with Crippen molar-refractivity contribution < 1.29 is 36.2 Å². The summed E-state index contributed by atoms with van der Waals surface area (Å²) in [5.74, 6) is -5.77. The van der Waals surface area contributed by atoms with Gasteiger partial charge in [0.25, 0.3) is 0 Å². The minimum atomic E-state index is -5.78. The molecule has 1 aromatic carbocycles. The summed E-state index contributed by atoms with van der Waals surface area (Å²) < 4.78 is 76.5. The highest BCUT2D eigenvalue weighted by Crippen LogP contribution is 2.47. The Balaban J connectivity index is 2.18. The quantitative estimate of drug-likeness (QED) is 0.577. The Morgan fingerprint density at radius 1 is 1.21 bits per heavy atom. The van der Waals surface area contributed by atoms with Crippen LogP contribution in [0.4, 0.5) is 32.4 Å². The number of anilines is 1. The second-order valence-corrected chi connectivity index (χ2v) is 7.61. The Labute approximate surface area is 159 Å². The molecular formula is C18H23F5N2O3. The lowest BCUT2D eigenvalue weighted by Gasteiger charge is -2.29. The topological polar surface area (TPSA) is 64.8 Å². The number of nitrogens with zero attached hydrogens (tertiary/aromatic N) is 1. The molecule has 1 heterocycles. The molecule has 158 valence electrons. The van der Waals surface area contributed by atoms with E-state index in [1.165, 1.54) is 4.90 Å². The summed E-state index contributed by atoms with van der Waals surface area (Å²) in [6, 6.07) is 1.95. The number of carbonyl (C=O) groups excluding carboxylic acids is 1. The molecule has 28 heavy (non-hydrogen) atoms. The molecule has 10 heteroatoms. The number of alkyl halides is 5. The lowest BCUT2D eigenvalue weighted by molar-refractivity contribution is -0.289. The van der Waals surface area contributed by atoms with Gasteiger partial charge in [0.2, 0.25) is 0 Å². The van der Waals surface area contributed by atoms with Gasteiger partial charge in [-0.2, -0.15) is 22.0 Å². The number of hydrogen-bond acceptors (Lipinski definition) is 4. The Kier molecular flexibility index (Phi) is 6.01. The van der Waals surface area contributed by atoms with Crippen LogP contribution in [-0.4, -0.2) is 42.0 Å². The van der Waals surface area contributed by atoms with Crippen LogP contribution >= 0.6 is 0 Å². The zero-order valence-electron chi connectivity index (χ0n) is 15.8. The van der Waals surface area contributed by atoms with E-state index in [9.17, 15) is 26.7 Å². The summed E-state index contributed by atoms with van der Waals surface area (Å²) in [7, 11) is 0. The lowest BCUT2D eigenvalue weighted by atomic mass is 10.1. The number of carbonyl (C=O) groups is 1. The fraction of sp³-hybridized carbons (Fsp3) is 0.611. The van der Waals surface area contributed by atoms with Crippen molar-refractivity contribution in [3.63, 3.8) is 0 Å². The standard InChI is InChI=1S/C18H23F5N2O3/c1-16(2,3)28-15(26)25-8-4-5-12(25)10-27-14-9-11(24)6-7-13(14)17(19,20)18(21,22)23/h6-7,9,12H,4-5,8,10,24H2,1-3H3. The van der Waals surface area contributed by atoms with Gasteiger partial charge < -0.3 is 20.1 Å². The molecule has 1 atom stereocenters. The first-order chi connectivity index (χ1) is 12.7. The number of hydrogen-bond donors (Lipinski definition) is 1. The van der Waals surface area contributed by atoms with Gasteiger partial charge >= 0.3 is 18.2 Å². The molecule has 5 nitrogen and oxygen atoms in total. The molecule has 1 amide bonds. The monoisotopic (exact) mass is 410 g/mol. The van der Waals surface area contributed by atoms with E-state index in [1.54, 1.807) is 20.8 Å². The van der Waals surface area contributed by atoms with Crippen molar-refractivity contribution in [1.29, 1.82) is 0 Å². The largest absolute Gasteiger partial charge is 0.491 e. The first-order valence-electron chi connectivity index (χ1n) is 8.69. The average Bonchev–Trinajstić information content (AvgIpc) is 2.98. The molecule has 2 N–H and O–H groups in total. The van der Waals surface area contributed by atoms with Crippen LogP contribution in [0, 0.1) is 0 Å². The van der Waals surface area contributed by atoms with E-state index in [0.717, 1.165) is 12.1 Å². The van der Waals surface area contributed by atoms with E-state index in [1.807, 2.05) is 0 Å². The van der Waals surface area contributed by atoms with Crippen molar-refractivity contribution in [2.75, 3.05) is 18.9 Å². The SMILES string of the molecule is CC(C)(C)OC(=O)N1CCCC1COc1cc(N)ccc1C(F)(F)C(F)(F)F. The summed E-state index contributed by atoms with van der Waals surface area (Å²) in [5, 5.41) is 0. The molecule has 1 aliphatic rings. The fourth-order valence-corrected chi connectivity index (χ4v) is 2.83. The number of nitrogens with two attached hydrogens (primary N) is 1. The van der Waals surface area contributed by atoms with Gasteiger partial charge in [-0.25, -0.2) is 4.79 Å². The molecule has 0 aliphatic carbocycles. The average molecular weight is 410 g/mol. The van der Waals surface area contributed by atoms with Crippen molar-refractivity contribution in [2.45, 2.75) is 57.4 Å². The Morgan fingerprint density at radius 2 is 1.86 bits per heavy atom. The normalized spacial score (nSPS) is 18.3. The van der Waals surface area contributed by atoms with Crippen LogP contribution < -0.4 is 10.5 Å². The zero-order valence-corrected chi connectivity index (χ0v) is 15.8. The molecule has 1 unspecified atom stereocenters. The lowest BCUT2D eigenvalue weighted by Crippen LogP contribution is -2.42. The molecule has 0 spiro atoms. The minimum Gasteiger partial charge on any atom is -0.491 e. The highest BCUT2D eigenvalue weighted by molar-refractivity contribution is 5.69. The fourth-order valence-electron chi connectivity index (χ4n) is 2.83. The number of ether oxygens (including phenoxy) is 2. The van der Waals surface area contributed by atoms with E-state index in [4.69, 9.17) is 15.2 Å². The number of likely N-dealkylation sites (tertiary alicyclic amines) is 1. The van der Waals surface area contributed by atoms with Crippen molar-refractivity contribution in [3.8, 4) is 5.75 Å². The third kappa shape index (κ3) is 4.96. The van der Waals surface area contributed by atoms with Gasteiger partial charge in [-0.15, -0.1) is 0 Å². The van der Waals surface area contributed by atoms with Crippen LogP contribution in [0.2, 0.25) is 0 Å². The van der Waals surface area contributed by atoms with Gasteiger partial charge in [0.05, 0.1) is 11.6 Å². The highest BCUT2D eigenvalue weighted by Gasteiger charge is 2.60. The smallest absolute Gasteiger partial charge is 0.458 e. The Morgan fingerprint density at radius 3 is 2.43 bits per heavy atom. The second kappa shape index (κ2) is 7.63. The molecular weight excluding hydrogens is 387 g/mol. The van der Waals surface area contributed by atoms with Crippen LogP contribution in [0.1, 0.15) is 39.2 Å². The molecule has 0 bridgehead atoms. The van der Waals surface area contributed by atoms with Gasteiger partial charge in [0, 0.05) is 18.3 Å². The van der Waals surface area contributed by atoms with Gasteiger partial charge in [0.1, 0.15) is 18.0 Å². The minimum absolute atomic E-state index is 0.0212. The first kappa shape index (κ1) is 22.0. The molecule has 0 aromatic heterocycles. The highest BCUT2D eigenvalue weighted by atomic mass is 19.4. The number of nitrogen functional groups attached to an aromatic ring is 1. The third-order valence-corrected chi connectivity index (χ3v) is 4.14. The number of benzene rings is 1. The van der Waals surface area contributed by atoms with Crippen LogP contribution in [0.3, 0.4) is 0 Å². The summed E-state index contributed by atoms with van der Waals surface area (Å²) in [6.45, 7) is 5.22. The maximum absolute atomic E-state index is 13.8. The maximum atomic E-state index is 13.8. The van der Waals surface area contributed by atoms with E-state index in [2.05, 4.69) is 0 Å². The van der Waals surface area contributed by atoms with Crippen LogP contribution in [0.5, 0.6) is 5.75 Å².